The first-order valence-electron chi connectivity index (χ1n) is 6.49. The minimum atomic E-state index is -0.318. The van der Waals surface area contributed by atoms with Crippen molar-refractivity contribution in [2.24, 2.45) is 0 Å². The molecule has 0 radical (unpaired) electrons. The first kappa shape index (κ1) is 15.7. The van der Waals surface area contributed by atoms with Gasteiger partial charge >= 0.3 is 0 Å². The Kier molecular flexibility index (Phi) is 5.99. The molecule has 4 heteroatoms. The summed E-state index contributed by atoms with van der Waals surface area (Å²) in [5.41, 5.74) is 2.65. The molecule has 1 aromatic rings. The quantitative estimate of drug-likeness (QED) is 0.767. The summed E-state index contributed by atoms with van der Waals surface area (Å²) in [6.07, 6.45) is 1.17. The van der Waals surface area contributed by atoms with Crippen LogP contribution in [0.4, 0.5) is 0 Å². The van der Waals surface area contributed by atoms with Gasteiger partial charge in [0.15, 0.2) is 0 Å². The smallest absolute Gasteiger partial charge is 0.293 e. The van der Waals surface area contributed by atoms with Crippen molar-refractivity contribution in [1.82, 2.24) is 5.32 Å². The Morgan fingerprint density at radius 2 is 1.79 bits per heavy atom. The van der Waals surface area contributed by atoms with Gasteiger partial charge in [0.25, 0.3) is 6.47 Å². The number of rotatable bonds is 1. The maximum atomic E-state index is 9.60. The lowest BCUT2D eigenvalue weighted by atomic mass is 9.94. The summed E-state index contributed by atoms with van der Waals surface area (Å²) in [6.45, 7) is 7.50. The van der Waals surface area contributed by atoms with Crippen molar-refractivity contribution in [2.75, 3.05) is 13.1 Å². The molecule has 2 aliphatic carbocycles. The molecule has 19 heavy (non-hydrogen) atoms. The molecular formula is C15H23NO3. The van der Waals surface area contributed by atoms with Crippen molar-refractivity contribution in [3.8, 4) is 0 Å². The van der Waals surface area contributed by atoms with Gasteiger partial charge in [-0.3, -0.25) is 4.79 Å². The lowest BCUT2D eigenvalue weighted by Gasteiger charge is -2.20. The zero-order valence-electron chi connectivity index (χ0n) is 11.8. The number of aliphatic hydroxyl groups is 1. The van der Waals surface area contributed by atoms with Gasteiger partial charge in [0.05, 0.1) is 6.10 Å². The molecule has 1 saturated heterocycles. The van der Waals surface area contributed by atoms with E-state index in [1.807, 2.05) is 20.8 Å². The zero-order valence-corrected chi connectivity index (χ0v) is 11.8. The highest BCUT2D eigenvalue weighted by atomic mass is 16.5. The fraction of sp³-hybridized carbons (Fsp3) is 0.533. The molecule has 2 N–H and O–H groups in total. The number of ether oxygens (including phenoxy) is 1. The average molecular weight is 265 g/mol. The minimum absolute atomic E-state index is 0.0463. The lowest BCUT2D eigenvalue weighted by molar-refractivity contribution is -0.138. The number of carbonyl (C=O) groups is 1. The maximum Gasteiger partial charge on any atom is 0.293 e. The van der Waals surface area contributed by atoms with Gasteiger partial charge in [-0.05, 0) is 38.3 Å². The molecule has 1 aliphatic heterocycles. The molecule has 1 heterocycles. The van der Waals surface area contributed by atoms with E-state index in [1.165, 1.54) is 17.5 Å². The van der Waals surface area contributed by atoms with E-state index in [0.717, 1.165) is 13.1 Å². The Morgan fingerprint density at radius 3 is 1.84 bits per heavy atom. The highest BCUT2D eigenvalue weighted by Gasteiger charge is 2.10. The van der Waals surface area contributed by atoms with E-state index in [2.05, 4.69) is 34.3 Å². The third kappa shape index (κ3) is 6.94. The Hall–Kier alpha value is -1.39. The number of hydrogen-bond donors (Lipinski definition) is 2. The van der Waals surface area contributed by atoms with Crippen LogP contribution in [0.1, 0.15) is 31.9 Å². The molecule has 3 aliphatic rings. The highest BCUT2D eigenvalue weighted by Crippen LogP contribution is 2.18. The largest absolute Gasteiger partial charge is 0.462 e. The number of benzene rings is 1. The Balaban J connectivity index is 0.000000145. The highest BCUT2D eigenvalue weighted by molar-refractivity contribution is 5.38. The normalized spacial score (nSPS) is 15.6. The van der Waals surface area contributed by atoms with Gasteiger partial charge in [0.2, 0.25) is 0 Å². The summed E-state index contributed by atoms with van der Waals surface area (Å²) in [5.74, 6) is 0. The standard InChI is InChI=1S/C7H6.C5H10O2.C3H7NO/c1-2-6-4-7(3-1)5-6;1-5(2,3)7-4-6;5-3-1-4-2-3/h1-4H,5H2;4H,1-3H3;3-5H,1-2H2. The second kappa shape index (κ2) is 7.26. The lowest BCUT2D eigenvalue weighted by Crippen LogP contribution is -2.46. The van der Waals surface area contributed by atoms with Crippen molar-refractivity contribution in [2.45, 2.75) is 38.9 Å². The van der Waals surface area contributed by atoms with Gasteiger partial charge in [-0.25, -0.2) is 0 Å². The summed E-state index contributed by atoms with van der Waals surface area (Å²) in [5, 5.41) is 11.3. The van der Waals surface area contributed by atoms with E-state index in [1.54, 1.807) is 0 Å². The molecular weight excluding hydrogens is 242 g/mol. The molecule has 0 aromatic heterocycles. The average Bonchev–Trinajstić information content (AvgIpc) is 2.26. The van der Waals surface area contributed by atoms with Crippen LogP contribution in [-0.4, -0.2) is 36.4 Å². The number of carbonyl (C=O) groups excluding carboxylic acids is 1. The molecule has 1 aromatic carbocycles. The fourth-order valence-corrected chi connectivity index (χ4v) is 1.37. The number of fused-ring (bicyclic) bond motifs is 2. The van der Waals surface area contributed by atoms with Crippen molar-refractivity contribution in [1.29, 1.82) is 0 Å². The Bertz CT molecular complexity index is 370. The van der Waals surface area contributed by atoms with E-state index in [9.17, 15) is 4.79 Å². The van der Waals surface area contributed by atoms with E-state index < -0.39 is 0 Å². The third-order valence-electron chi connectivity index (χ3n) is 2.56. The van der Waals surface area contributed by atoms with Crippen molar-refractivity contribution in [3.63, 3.8) is 0 Å². The van der Waals surface area contributed by atoms with Crippen LogP contribution >= 0.6 is 0 Å². The number of aliphatic hydroxyl groups excluding tert-OH is 1. The summed E-state index contributed by atoms with van der Waals surface area (Å²) in [7, 11) is 0. The second-order valence-corrected chi connectivity index (χ2v) is 5.64. The van der Waals surface area contributed by atoms with Gasteiger partial charge in [-0.2, -0.15) is 0 Å². The van der Waals surface area contributed by atoms with Crippen LogP contribution in [0.3, 0.4) is 0 Å². The Morgan fingerprint density at radius 1 is 1.32 bits per heavy atom. The van der Waals surface area contributed by atoms with Crippen LogP contribution in [0.2, 0.25) is 0 Å². The molecule has 2 bridgehead atoms. The first-order chi connectivity index (χ1) is 8.90. The molecule has 106 valence electrons. The van der Waals surface area contributed by atoms with E-state index in [-0.39, 0.29) is 11.7 Å². The van der Waals surface area contributed by atoms with Crippen molar-refractivity contribution >= 4 is 6.47 Å². The van der Waals surface area contributed by atoms with Crippen LogP contribution in [0.25, 0.3) is 0 Å². The van der Waals surface area contributed by atoms with Crippen LogP contribution in [0.15, 0.2) is 24.3 Å². The molecule has 0 atom stereocenters. The van der Waals surface area contributed by atoms with Gasteiger partial charge in [0, 0.05) is 13.1 Å². The molecule has 0 saturated carbocycles. The topological polar surface area (TPSA) is 58.6 Å². The second-order valence-electron chi connectivity index (χ2n) is 5.64. The monoisotopic (exact) mass is 265 g/mol. The van der Waals surface area contributed by atoms with Crippen LogP contribution in [0.5, 0.6) is 0 Å². The van der Waals surface area contributed by atoms with Gasteiger partial charge in [-0.1, -0.05) is 24.3 Å². The minimum Gasteiger partial charge on any atom is -0.462 e. The summed E-state index contributed by atoms with van der Waals surface area (Å²) in [6, 6.07) is 8.65. The number of hydrogen-bond acceptors (Lipinski definition) is 4. The third-order valence-corrected chi connectivity index (χ3v) is 2.56. The molecule has 0 amide bonds. The fourth-order valence-electron chi connectivity index (χ4n) is 1.37. The van der Waals surface area contributed by atoms with Crippen LogP contribution < -0.4 is 5.32 Å². The van der Waals surface area contributed by atoms with Gasteiger partial charge < -0.3 is 15.2 Å². The zero-order chi connectivity index (χ0) is 14.3. The predicted molar refractivity (Wildman–Crippen MR) is 75.0 cm³/mol. The summed E-state index contributed by atoms with van der Waals surface area (Å²) < 4.78 is 4.55. The number of β-amino-alcohol motifs (C(OH)–C–C–N with tert-alkyl or cyclic N) is 1. The summed E-state index contributed by atoms with van der Waals surface area (Å²) >= 11 is 0. The maximum absolute atomic E-state index is 9.60. The van der Waals surface area contributed by atoms with Crippen LogP contribution in [0, 0.1) is 0 Å². The Labute approximate surface area is 114 Å². The molecule has 0 spiro atoms. The van der Waals surface area contributed by atoms with Gasteiger partial charge in [-0.15, -0.1) is 0 Å². The van der Waals surface area contributed by atoms with Crippen molar-refractivity contribution < 1.29 is 14.6 Å². The predicted octanol–water partition coefficient (Wildman–Crippen LogP) is 1.50. The first-order valence-corrected chi connectivity index (χ1v) is 6.49. The van der Waals surface area contributed by atoms with Crippen LogP contribution in [-0.2, 0) is 16.0 Å². The van der Waals surface area contributed by atoms with E-state index in [4.69, 9.17) is 5.11 Å². The van der Waals surface area contributed by atoms with E-state index >= 15 is 0 Å². The molecule has 4 rings (SSSR count). The van der Waals surface area contributed by atoms with Gasteiger partial charge in [0.1, 0.15) is 5.60 Å². The number of nitrogens with one attached hydrogen (secondary N) is 1. The SMILES string of the molecule is CC(C)(C)OC=O.OC1CNC1.c1cc2cc(c1)C2. The molecule has 0 unspecified atom stereocenters. The summed E-state index contributed by atoms with van der Waals surface area (Å²) in [4.78, 5) is 9.60. The van der Waals surface area contributed by atoms with Crippen molar-refractivity contribution in [3.05, 3.63) is 35.4 Å². The van der Waals surface area contributed by atoms with E-state index in [0.29, 0.717) is 6.47 Å². The molecule has 4 nitrogen and oxygen atoms in total. The molecule has 1 fully saturated rings.